The zero-order valence-corrected chi connectivity index (χ0v) is 11.5. The van der Waals surface area contributed by atoms with Crippen LogP contribution in [0.1, 0.15) is 36.6 Å². The predicted molar refractivity (Wildman–Crippen MR) is 74.5 cm³/mol. The SMILES string of the molecule is Cc1cc2cc(CN(C)C)[nH]c2cc1C(C)C. The third-order valence-electron chi connectivity index (χ3n) is 3.17. The molecule has 0 saturated carbocycles. The van der Waals surface area contributed by atoms with Crippen LogP contribution >= 0.6 is 0 Å². The highest BCUT2D eigenvalue weighted by Crippen LogP contribution is 2.25. The molecular weight excluding hydrogens is 208 g/mol. The van der Waals surface area contributed by atoms with E-state index in [2.05, 4.69) is 62.9 Å². The molecule has 0 aliphatic rings. The Hall–Kier alpha value is -1.28. The number of aromatic amines is 1. The van der Waals surface area contributed by atoms with Crippen molar-refractivity contribution in [2.75, 3.05) is 14.1 Å². The number of aromatic nitrogens is 1. The number of benzene rings is 1. The number of aryl methyl sites for hydroxylation is 1. The molecule has 1 N–H and O–H groups in total. The van der Waals surface area contributed by atoms with Crippen molar-refractivity contribution in [2.45, 2.75) is 33.2 Å². The van der Waals surface area contributed by atoms with Gasteiger partial charge in [-0.2, -0.15) is 0 Å². The fraction of sp³-hybridized carbons (Fsp3) is 0.467. The number of rotatable bonds is 3. The maximum Gasteiger partial charge on any atom is 0.0459 e. The van der Waals surface area contributed by atoms with Crippen molar-refractivity contribution in [3.05, 3.63) is 35.0 Å². The summed E-state index contributed by atoms with van der Waals surface area (Å²) in [7, 11) is 4.19. The highest BCUT2D eigenvalue weighted by Gasteiger charge is 2.08. The predicted octanol–water partition coefficient (Wildman–Crippen LogP) is 3.66. The number of nitrogens with one attached hydrogen (secondary N) is 1. The van der Waals surface area contributed by atoms with E-state index in [-0.39, 0.29) is 0 Å². The molecule has 0 bridgehead atoms. The van der Waals surface area contributed by atoms with E-state index < -0.39 is 0 Å². The first-order valence-electron chi connectivity index (χ1n) is 6.24. The van der Waals surface area contributed by atoms with Gasteiger partial charge >= 0.3 is 0 Å². The van der Waals surface area contributed by atoms with Gasteiger partial charge in [-0.3, -0.25) is 0 Å². The minimum atomic E-state index is 0.583. The van der Waals surface area contributed by atoms with Gasteiger partial charge < -0.3 is 9.88 Å². The summed E-state index contributed by atoms with van der Waals surface area (Å²) in [6.45, 7) is 7.66. The van der Waals surface area contributed by atoms with Crippen LogP contribution in [0, 0.1) is 6.92 Å². The number of H-pyrrole nitrogens is 1. The Morgan fingerprint density at radius 2 is 1.88 bits per heavy atom. The van der Waals surface area contributed by atoms with E-state index in [0.29, 0.717) is 5.92 Å². The largest absolute Gasteiger partial charge is 0.357 e. The van der Waals surface area contributed by atoms with Crippen LogP contribution < -0.4 is 0 Å². The number of hydrogen-bond acceptors (Lipinski definition) is 1. The molecule has 2 nitrogen and oxygen atoms in total. The normalized spacial score (nSPS) is 11.9. The molecular formula is C15H22N2. The summed E-state index contributed by atoms with van der Waals surface area (Å²) >= 11 is 0. The lowest BCUT2D eigenvalue weighted by Crippen LogP contribution is -2.10. The van der Waals surface area contributed by atoms with Crippen LogP contribution in [0.4, 0.5) is 0 Å². The Bertz CT molecular complexity index is 521. The third-order valence-corrected chi connectivity index (χ3v) is 3.17. The quantitative estimate of drug-likeness (QED) is 0.852. The Labute approximate surface area is 104 Å². The molecule has 1 heterocycles. The van der Waals surface area contributed by atoms with Gasteiger partial charge in [-0.05, 0) is 61.6 Å². The molecule has 0 fully saturated rings. The number of nitrogens with zero attached hydrogens (tertiary/aromatic N) is 1. The van der Waals surface area contributed by atoms with Crippen molar-refractivity contribution >= 4 is 10.9 Å². The van der Waals surface area contributed by atoms with Gasteiger partial charge in [-0.15, -0.1) is 0 Å². The molecule has 2 aromatic rings. The van der Waals surface area contributed by atoms with E-state index in [0.717, 1.165) is 6.54 Å². The average molecular weight is 230 g/mol. The van der Waals surface area contributed by atoms with Crippen LogP contribution in [0.15, 0.2) is 18.2 Å². The Balaban J connectivity index is 2.47. The van der Waals surface area contributed by atoms with Crippen LogP contribution in [0.2, 0.25) is 0 Å². The Morgan fingerprint density at radius 1 is 1.18 bits per heavy atom. The molecule has 0 spiro atoms. The van der Waals surface area contributed by atoms with Crippen molar-refractivity contribution < 1.29 is 0 Å². The molecule has 0 atom stereocenters. The van der Waals surface area contributed by atoms with Gasteiger partial charge in [0.25, 0.3) is 0 Å². The van der Waals surface area contributed by atoms with Crippen molar-refractivity contribution in [1.29, 1.82) is 0 Å². The van der Waals surface area contributed by atoms with Gasteiger partial charge in [0.15, 0.2) is 0 Å². The first kappa shape index (κ1) is 12.2. The Morgan fingerprint density at radius 3 is 2.47 bits per heavy atom. The lowest BCUT2D eigenvalue weighted by molar-refractivity contribution is 0.398. The molecule has 1 aromatic carbocycles. The minimum absolute atomic E-state index is 0.583. The highest BCUT2D eigenvalue weighted by atomic mass is 15.1. The Kier molecular flexibility index (Phi) is 3.25. The molecule has 1 aromatic heterocycles. The lowest BCUT2D eigenvalue weighted by atomic mass is 9.97. The molecule has 2 rings (SSSR count). The molecule has 0 aliphatic heterocycles. The van der Waals surface area contributed by atoms with Crippen molar-refractivity contribution in [3.8, 4) is 0 Å². The summed E-state index contributed by atoms with van der Waals surface area (Å²) in [6, 6.07) is 6.85. The maximum absolute atomic E-state index is 3.51. The number of fused-ring (bicyclic) bond motifs is 1. The van der Waals surface area contributed by atoms with E-state index in [1.807, 2.05) is 0 Å². The molecule has 2 heteroatoms. The minimum Gasteiger partial charge on any atom is -0.357 e. The summed E-state index contributed by atoms with van der Waals surface area (Å²) in [6.07, 6.45) is 0. The summed E-state index contributed by atoms with van der Waals surface area (Å²) in [5, 5.41) is 1.32. The van der Waals surface area contributed by atoms with E-state index in [1.54, 1.807) is 0 Å². The van der Waals surface area contributed by atoms with Crippen molar-refractivity contribution in [2.24, 2.45) is 0 Å². The summed E-state index contributed by atoms with van der Waals surface area (Å²) in [4.78, 5) is 5.69. The second kappa shape index (κ2) is 4.53. The fourth-order valence-electron chi connectivity index (χ4n) is 2.42. The molecule has 0 unspecified atom stereocenters. The van der Waals surface area contributed by atoms with Gasteiger partial charge in [0.1, 0.15) is 0 Å². The van der Waals surface area contributed by atoms with Crippen molar-refractivity contribution in [3.63, 3.8) is 0 Å². The second-order valence-electron chi connectivity index (χ2n) is 5.48. The zero-order chi connectivity index (χ0) is 12.6. The van der Waals surface area contributed by atoms with Crippen LogP contribution in [-0.2, 0) is 6.54 Å². The summed E-state index contributed by atoms with van der Waals surface area (Å²) in [5.74, 6) is 0.583. The first-order valence-corrected chi connectivity index (χ1v) is 6.24. The molecule has 0 amide bonds. The number of hydrogen-bond donors (Lipinski definition) is 1. The van der Waals surface area contributed by atoms with E-state index >= 15 is 0 Å². The highest BCUT2D eigenvalue weighted by molar-refractivity contribution is 5.82. The molecule has 0 aliphatic carbocycles. The van der Waals surface area contributed by atoms with Gasteiger partial charge in [-0.25, -0.2) is 0 Å². The van der Waals surface area contributed by atoms with Crippen LogP contribution in [0.3, 0.4) is 0 Å². The zero-order valence-electron chi connectivity index (χ0n) is 11.5. The van der Waals surface area contributed by atoms with E-state index in [4.69, 9.17) is 0 Å². The third kappa shape index (κ3) is 2.52. The van der Waals surface area contributed by atoms with Crippen molar-refractivity contribution in [1.82, 2.24) is 9.88 Å². The standard InChI is InChI=1S/C15H22N2/c1-10(2)14-8-15-12(6-11(14)3)7-13(16-15)9-17(4)5/h6-8,10,16H,9H2,1-5H3. The summed E-state index contributed by atoms with van der Waals surface area (Å²) < 4.78 is 0. The van der Waals surface area contributed by atoms with Crippen LogP contribution in [0.25, 0.3) is 10.9 Å². The maximum atomic E-state index is 3.51. The van der Waals surface area contributed by atoms with Crippen LogP contribution in [0.5, 0.6) is 0 Å². The van der Waals surface area contributed by atoms with Gasteiger partial charge in [0.05, 0.1) is 0 Å². The first-order chi connectivity index (χ1) is 7.97. The van der Waals surface area contributed by atoms with E-state index in [9.17, 15) is 0 Å². The van der Waals surface area contributed by atoms with Crippen LogP contribution in [-0.4, -0.2) is 24.0 Å². The second-order valence-corrected chi connectivity index (χ2v) is 5.48. The monoisotopic (exact) mass is 230 g/mol. The summed E-state index contributed by atoms with van der Waals surface area (Å²) in [5.41, 5.74) is 5.38. The van der Waals surface area contributed by atoms with Gasteiger partial charge in [0.2, 0.25) is 0 Å². The smallest absolute Gasteiger partial charge is 0.0459 e. The lowest BCUT2D eigenvalue weighted by Gasteiger charge is -2.09. The topological polar surface area (TPSA) is 19.0 Å². The average Bonchev–Trinajstić information content (AvgIpc) is 2.56. The molecule has 17 heavy (non-hydrogen) atoms. The van der Waals surface area contributed by atoms with Gasteiger partial charge in [-0.1, -0.05) is 13.8 Å². The van der Waals surface area contributed by atoms with E-state index in [1.165, 1.54) is 27.7 Å². The molecule has 0 saturated heterocycles. The van der Waals surface area contributed by atoms with Gasteiger partial charge in [0, 0.05) is 17.8 Å². The fourth-order valence-corrected chi connectivity index (χ4v) is 2.42. The molecule has 0 radical (unpaired) electrons. The molecule has 92 valence electrons.